The van der Waals surface area contributed by atoms with Crippen LogP contribution in [0.1, 0.15) is 32.4 Å². The number of ether oxygens (including phenoxy) is 1. The van der Waals surface area contributed by atoms with E-state index in [9.17, 15) is 0 Å². The number of guanidine groups is 1. The molecule has 0 fully saturated rings. The molecule has 4 heteroatoms. The lowest BCUT2D eigenvalue weighted by Crippen LogP contribution is -2.34. The number of nitrogens with two attached hydrogens (primary N) is 1. The molecule has 0 radical (unpaired) electrons. The third-order valence-corrected chi connectivity index (χ3v) is 2.61. The minimum atomic E-state index is 0.131. The quantitative estimate of drug-likeness (QED) is 0.622. The zero-order valence-corrected chi connectivity index (χ0v) is 11.6. The number of aliphatic imine (C=N–C) groups is 1. The van der Waals surface area contributed by atoms with Crippen LogP contribution in [0.25, 0.3) is 0 Å². The predicted octanol–water partition coefficient (Wildman–Crippen LogP) is 2.32. The summed E-state index contributed by atoms with van der Waals surface area (Å²) in [6, 6.07) is 8.05. The van der Waals surface area contributed by atoms with Crippen molar-refractivity contribution in [2.45, 2.75) is 26.8 Å². The molecule has 18 heavy (non-hydrogen) atoms. The highest BCUT2D eigenvalue weighted by atomic mass is 16.5. The van der Waals surface area contributed by atoms with Crippen molar-refractivity contribution in [1.29, 1.82) is 0 Å². The summed E-state index contributed by atoms with van der Waals surface area (Å²) in [7, 11) is 1.66. The Hall–Kier alpha value is -1.71. The summed E-state index contributed by atoms with van der Waals surface area (Å²) in [5.41, 5.74) is 6.98. The molecule has 4 nitrogen and oxygen atoms in total. The first-order chi connectivity index (χ1) is 8.52. The number of benzene rings is 1. The Labute approximate surface area is 109 Å². The van der Waals surface area contributed by atoms with Gasteiger partial charge in [-0.1, -0.05) is 26.0 Å². The molecule has 3 N–H and O–H groups in total. The highest BCUT2D eigenvalue weighted by molar-refractivity contribution is 5.78. The van der Waals surface area contributed by atoms with Crippen LogP contribution in [0.3, 0.4) is 0 Å². The highest BCUT2D eigenvalue weighted by Crippen LogP contribution is 2.16. The number of nitrogens with zero attached hydrogens (tertiary/aromatic N) is 1. The molecule has 1 rings (SSSR count). The van der Waals surface area contributed by atoms with Gasteiger partial charge in [0.1, 0.15) is 5.75 Å². The van der Waals surface area contributed by atoms with Crippen LogP contribution in [-0.4, -0.2) is 19.6 Å². The third kappa shape index (κ3) is 4.65. The second-order valence-corrected chi connectivity index (χ2v) is 4.76. The van der Waals surface area contributed by atoms with Crippen LogP contribution in [0.2, 0.25) is 0 Å². The van der Waals surface area contributed by atoms with E-state index < -0.39 is 0 Å². The van der Waals surface area contributed by atoms with Gasteiger partial charge >= 0.3 is 0 Å². The number of hydrogen-bond acceptors (Lipinski definition) is 2. The van der Waals surface area contributed by atoms with Crippen LogP contribution >= 0.6 is 0 Å². The Morgan fingerprint density at radius 3 is 2.39 bits per heavy atom. The van der Waals surface area contributed by atoms with Crippen molar-refractivity contribution in [3.63, 3.8) is 0 Å². The van der Waals surface area contributed by atoms with Gasteiger partial charge in [0.2, 0.25) is 0 Å². The highest BCUT2D eigenvalue weighted by Gasteiger charge is 2.06. The standard InChI is InChI=1S/C14H23N3O/c1-10(2)9-16-14(15)17-11(3)12-5-7-13(18-4)8-6-12/h5-8,10-11H,9H2,1-4H3,(H3,15,16,17). The molecule has 0 amide bonds. The average molecular weight is 249 g/mol. The van der Waals surface area contributed by atoms with E-state index in [0.717, 1.165) is 17.9 Å². The molecule has 0 aliphatic rings. The minimum Gasteiger partial charge on any atom is -0.497 e. The molecule has 0 aliphatic carbocycles. The van der Waals surface area contributed by atoms with E-state index >= 15 is 0 Å². The van der Waals surface area contributed by atoms with E-state index in [1.54, 1.807) is 7.11 Å². The molecule has 0 bridgehead atoms. The van der Waals surface area contributed by atoms with E-state index in [-0.39, 0.29) is 6.04 Å². The van der Waals surface area contributed by atoms with Crippen molar-refractivity contribution in [1.82, 2.24) is 5.32 Å². The Kier molecular flexibility index (Phi) is 5.49. The summed E-state index contributed by atoms with van der Waals surface area (Å²) in [6.07, 6.45) is 0. The molecule has 1 aromatic carbocycles. The van der Waals surface area contributed by atoms with Crippen LogP contribution in [0.15, 0.2) is 29.3 Å². The van der Waals surface area contributed by atoms with Crippen molar-refractivity contribution < 1.29 is 4.74 Å². The monoisotopic (exact) mass is 249 g/mol. The Morgan fingerprint density at radius 2 is 1.89 bits per heavy atom. The van der Waals surface area contributed by atoms with Crippen LogP contribution in [0.4, 0.5) is 0 Å². The maximum atomic E-state index is 5.83. The van der Waals surface area contributed by atoms with Gasteiger partial charge in [0.05, 0.1) is 13.2 Å². The zero-order chi connectivity index (χ0) is 13.5. The predicted molar refractivity (Wildman–Crippen MR) is 75.9 cm³/mol. The van der Waals surface area contributed by atoms with E-state index in [0.29, 0.717) is 11.9 Å². The summed E-state index contributed by atoms with van der Waals surface area (Å²) < 4.78 is 5.13. The van der Waals surface area contributed by atoms with Gasteiger partial charge < -0.3 is 15.8 Å². The van der Waals surface area contributed by atoms with Gasteiger partial charge in [-0.2, -0.15) is 0 Å². The van der Waals surface area contributed by atoms with E-state index in [1.165, 1.54) is 0 Å². The Morgan fingerprint density at radius 1 is 1.28 bits per heavy atom. The largest absolute Gasteiger partial charge is 0.497 e. The molecule has 1 atom stereocenters. The molecule has 0 spiro atoms. The molecular formula is C14H23N3O. The lowest BCUT2D eigenvalue weighted by atomic mass is 10.1. The molecule has 1 aromatic rings. The molecule has 0 aromatic heterocycles. The molecule has 1 unspecified atom stereocenters. The van der Waals surface area contributed by atoms with Crippen molar-refractivity contribution in [3.8, 4) is 5.75 Å². The third-order valence-electron chi connectivity index (χ3n) is 2.61. The Balaban J connectivity index is 2.58. The van der Waals surface area contributed by atoms with Crippen LogP contribution in [-0.2, 0) is 0 Å². The first kappa shape index (κ1) is 14.4. The summed E-state index contributed by atoms with van der Waals surface area (Å²) in [5, 5.41) is 3.18. The lowest BCUT2D eigenvalue weighted by molar-refractivity contribution is 0.414. The minimum absolute atomic E-state index is 0.131. The van der Waals surface area contributed by atoms with Crippen molar-refractivity contribution >= 4 is 5.96 Å². The second kappa shape index (κ2) is 6.89. The molecule has 0 saturated heterocycles. The van der Waals surface area contributed by atoms with Crippen LogP contribution < -0.4 is 15.8 Å². The summed E-state index contributed by atoms with van der Waals surface area (Å²) in [6.45, 7) is 7.03. The van der Waals surface area contributed by atoms with E-state index in [2.05, 4.69) is 31.1 Å². The number of nitrogens with one attached hydrogen (secondary N) is 1. The van der Waals surface area contributed by atoms with E-state index in [1.807, 2.05) is 24.3 Å². The first-order valence-electron chi connectivity index (χ1n) is 6.23. The summed E-state index contributed by atoms with van der Waals surface area (Å²) in [5.74, 6) is 1.86. The van der Waals surface area contributed by atoms with Gasteiger partial charge in [0.25, 0.3) is 0 Å². The smallest absolute Gasteiger partial charge is 0.189 e. The van der Waals surface area contributed by atoms with E-state index in [4.69, 9.17) is 10.5 Å². The van der Waals surface area contributed by atoms with Gasteiger partial charge in [-0.15, -0.1) is 0 Å². The van der Waals surface area contributed by atoms with Gasteiger partial charge in [-0.05, 0) is 30.5 Å². The number of methoxy groups -OCH3 is 1. The molecule has 100 valence electrons. The van der Waals surface area contributed by atoms with Gasteiger partial charge in [-0.3, -0.25) is 4.99 Å². The maximum Gasteiger partial charge on any atom is 0.189 e. The van der Waals surface area contributed by atoms with Gasteiger partial charge in [0, 0.05) is 6.54 Å². The summed E-state index contributed by atoms with van der Waals surface area (Å²) >= 11 is 0. The van der Waals surface area contributed by atoms with Crippen LogP contribution in [0.5, 0.6) is 5.75 Å². The summed E-state index contributed by atoms with van der Waals surface area (Å²) in [4.78, 5) is 4.28. The second-order valence-electron chi connectivity index (χ2n) is 4.76. The first-order valence-corrected chi connectivity index (χ1v) is 6.23. The Bertz CT molecular complexity index is 385. The van der Waals surface area contributed by atoms with Crippen molar-refractivity contribution in [2.75, 3.05) is 13.7 Å². The van der Waals surface area contributed by atoms with Crippen molar-refractivity contribution in [3.05, 3.63) is 29.8 Å². The normalized spacial score (nSPS) is 13.5. The topological polar surface area (TPSA) is 59.6 Å². The number of hydrogen-bond donors (Lipinski definition) is 2. The fourth-order valence-electron chi connectivity index (χ4n) is 1.52. The number of rotatable bonds is 5. The molecule has 0 aliphatic heterocycles. The van der Waals surface area contributed by atoms with Gasteiger partial charge in [0.15, 0.2) is 5.96 Å². The zero-order valence-electron chi connectivity index (χ0n) is 11.6. The van der Waals surface area contributed by atoms with Gasteiger partial charge in [-0.25, -0.2) is 0 Å². The lowest BCUT2D eigenvalue weighted by Gasteiger charge is -2.15. The fraction of sp³-hybridized carbons (Fsp3) is 0.500. The average Bonchev–Trinajstić information content (AvgIpc) is 2.36. The fourth-order valence-corrected chi connectivity index (χ4v) is 1.52. The molecule has 0 heterocycles. The van der Waals surface area contributed by atoms with Crippen molar-refractivity contribution in [2.24, 2.45) is 16.6 Å². The molecule has 0 saturated carbocycles. The maximum absolute atomic E-state index is 5.83. The molecular weight excluding hydrogens is 226 g/mol. The van der Waals surface area contributed by atoms with Crippen LogP contribution in [0, 0.1) is 5.92 Å². The SMILES string of the molecule is COc1ccc(C(C)NC(N)=NCC(C)C)cc1.